The fourth-order valence-electron chi connectivity index (χ4n) is 3.86. The van der Waals surface area contributed by atoms with Crippen LogP contribution in [-0.2, 0) is 13.2 Å². The Morgan fingerprint density at radius 2 is 1.72 bits per heavy atom. The predicted octanol–water partition coefficient (Wildman–Crippen LogP) is 6.05. The van der Waals surface area contributed by atoms with Crippen molar-refractivity contribution in [2.45, 2.75) is 13.1 Å². The fraction of sp³-hybridized carbons (Fsp3) is 0.111. The smallest absolute Gasteiger partial charge is 0.432 e. The highest BCUT2D eigenvalue weighted by Gasteiger charge is 2.40. The van der Waals surface area contributed by atoms with Crippen LogP contribution in [0.2, 0.25) is 0 Å². The Hall–Kier alpha value is -5.00. The minimum Gasteiger partial charge on any atom is -0.432 e. The van der Waals surface area contributed by atoms with Gasteiger partial charge in [0.2, 0.25) is 0 Å². The summed E-state index contributed by atoms with van der Waals surface area (Å²) in [6.07, 6.45) is -3.51. The molecule has 0 saturated carbocycles. The monoisotopic (exact) mass is 537 g/mol. The number of rotatable bonds is 5. The lowest BCUT2D eigenvalue weighted by Gasteiger charge is -2.13. The van der Waals surface area contributed by atoms with Crippen LogP contribution in [0.3, 0.4) is 0 Å². The molecule has 0 fully saturated rings. The van der Waals surface area contributed by atoms with Crippen molar-refractivity contribution in [3.63, 3.8) is 0 Å². The van der Waals surface area contributed by atoms with Crippen LogP contribution in [0.25, 0.3) is 22.2 Å². The number of nitrogens with one attached hydrogen (secondary N) is 2. The number of aryl methyl sites for hydroxylation is 2. The molecule has 2 N–H and O–H groups in total. The number of anilines is 3. The molecule has 0 unspecified atom stereocenters. The molecule has 0 saturated heterocycles. The summed E-state index contributed by atoms with van der Waals surface area (Å²) in [6, 6.07) is 14.4. The predicted molar refractivity (Wildman–Crippen MR) is 136 cm³/mol. The van der Waals surface area contributed by atoms with E-state index >= 15 is 0 Å². The normalized spacial score (nSPS) is 11.5. The molecule has 0 atom stereocenters. The molecule has 0 bridgehead atoms. The van der Waals surface area contributed by atoms with Crippen molar-refractivity contribution in [3.05, 3.63) is 100 Å². The summed E-state index contributed by atoms with van der Waals surface area (Å²) >= 11 is 0. The van der Waals surface area contributed by atoms with Gasteiger partial charge in [0.15, 0.2) is 11.5 Å². The van der Waals surface area contributed by atoms with E-state index in [1.165, 1.54) is 23.0 Å². The van der Waals surface area contributed by atoms with Gasteiger partial charge >= 0.3 is 12.1 Å². The maximum absolute atomic E-state index is 13.4. The first-order valence-corrected chi connectivity index (χ1v) is 11.5. The minimum absolute atomic E-state index is 0.0488. The quantitative estimate of drug-likeness (QED) is 0.265. The number of fused-ring (bicyclic) bond motifs is 1. The van der Waals surface area contributed by atoms with Gasteiger partial charge < -0.3 is 19.6 Å². The van der Waals surface area contributed by atoms with Crippen LogP contribution in [-0.4, -0.2) is 20.4 Å². The fourth-order valence-corrected chi connectivity index (χ4v) is 3.86. The lowest BCUT2D eigenvalue weighted by atomic mass is 10.1. The third kappa shape index (κ3) is 5.21. The van der Waals surface area contributed by atoms with Gasteiger partial charge in [-0.3, -0.25) is 9.59 Å². The summed E-state index contributed by atoms with van der Waals surface area (Å²) in [4.78, 5) is 33.1. The van der Waals surface area contributed by atoms with Crippen LogP contribution in [0.15, 0.2) is 76.2 Å². The molecule has 2 heterocycles. The van der Waals surface area contributed by atoms with Gasteiger partial charge in [-0.15, -0.1) is 0 Å². The number of hydrogen-bond donors (Lipinski definition) is 2. The third-order valence-corrected chi connectivity index (χ3v) is 5.88. The zero-order valence-corrected chi connectivity index (χ0v) is 20.4. The van der Waals surface area contributed by atoms with E-state index in [1.54, 1.807) is 43.4 Å². The first-order valence-electron chi connectivity index (χ1n) is 11.5. The van der Waals surface area contributed by atoms with E-state index in [2.05, 4.69) is 20.6 Å². The van der Waals surface area contributed by atoms with E-state index in [9.17, 15) is 27.2 Å². The highest BCUT2D eigenvalue weighted by atomic mass is 19.4. The van der Waals surface area contributed by atoms with Crippen molar-refractivity contribution in [3.8, 4) is 11.3 Å². The second kappa shape index (κ2) is 9.71. The highest BCUT2D eigenvalue weighted by Crippen LogP contribution is 2.35. The standard InChI is InChI=1S/C27H19F4N5O3/c1-14-3-8-18(12-21(14)33-17-9-10-20-19(11-17)25(38)36(2)13-32-20)34-24(37)22-23(15-4-6-16(28)7-5-15)39-26(35-22)27(29,30)31/h3-13,33H,1-2H3,(H,34,37). The molecule has 198 valence electrons. The zero-order chi connectivity index (χ0) is 27.9. The maximum Gasteiger partial charge on any atom is 0.468 e. The molecular formula is C27H19F4N5O3. The molecule has 39 heavy (non-hydrogen) atoms. The van der Waals surface area contributed by atoms with Gasteiger partial charge in [0.1, 0.15) is 5.82 Å². The third-order valence-electron chi connectivity index (χ3n) is 5.88. The number of hydrogen-bond acceptors (Lipinski definition) is 6. The zero-order valence-electron chi connectivity index (χ0n) is 20.4. The second-order valence-corrected chi connectivity index (χ2v) is 8.70. The Labute approximate surface area is 217 Å². The number of carbonyl (C=O) groups is 1. The summed E-state index contributed by atoms with van der Waals surface area (Å²) in [7, 11) is 1.60. The highest BCUT2D eigenvalue weighted by molar-refractivity contribution is 6.06. The van der Waals surface area contributed by atoms with Gasteiger partial charge in [-0.05, 0) is 67.1 Å². The largest absolute Gasteiger partial charge is 0.468 e. The van der Waals surface area contributed by atoms with Gasteiger partial charge in [0.25, 0.3) is 11.5 Å². The number of nitrogens with zero attached hydrogens (tertiary/aromatic N) is 3. The molecule has 0 spiro atoms. The van der Waals surface area contributed by atoms with Gasteiger partial charge in [-0.2, -0.15) is 18.2 Å². The molecule has 0 aliphatic rings. The Morgan fingerprint density at radius 3 is 2.44 bits per heavy atom. The van der Waals surface area contributed by atoms with Gasteiger partial charge in [0, 0.05) is 29.7 Å². The van der Waals surface area contributed by atoms with E-state index in [-0.39, 0.29) is 16.8 Å². The number of aromatic nitrogens is 3. The van der Waals surface area contributed by atoms with E-state index in [0.717, 1.165) is 17.7 Å². The Bertz CT molecular complexity index is 1780. The van der Waals surface area contributed by atoms with Gasteiger partial charge in [-0.1, -0.05) is 6.07 Å². The number of halogens is 4. The summed E-state index contributed by atoms with van der Waals surface area (Å²) < 4.78 is 59.5. The number of benzene rings is 3. The number of amides is 1. The summed E-state index contributed by atoms with van der Waals surface area (Å²) in [6.45, 7) is 1.81. The second-order valence-electron chi connectivity index (χ2n) is 8.70. The van der Waals surface area contributed by atoms with Gasteiger partial charge in [-0.25, -0.2) is 9.37 Å². The summed E-state index contributed by atoms with van der Waals surface area (Å²) in [5.41, 5.74) is 1.96. The molecule has 5 aromatic rings. The molecule has 5 rings (SSSR count). The number of carbonyl (C=O) groups excluding carboxylic acids is 1. The topological polar surface area (TPSA) is 102 Å². The maximum atomic E-state index is 13.4. The molecule has 2 aromatic heterocycles. The lowest BCUT2D eigenvalue weighted by Crippen LogP contribution is -2.16. The lowest BCUT2D eigenvalue weighted by molar-refractivity contribution is -0.156. The molecular weight excluding hydrogens is 518 g/mol. The van der Waals surface area contributed by atoms with Crippen molar-refractivity contribution in [2.24, 2.45) is 7.05 Å². The van der Waals surface area contributed by atoms with E-state index in [4.69, 9.17) is 4.42 Å². The summed E-state index contributed by atoms with van der Waals surface area (Å²) in [5, 5.41) is 6.13. The van der Waals surface area contributed by atoms with Crippen LogP contribution >= 0.6 is 0 Å². The van der Waals surface area contributed by atoms with Crippen molar-refractivity contribution in [2.75, 3.05) is 10.6 Å². The van der Waals surface area contributed by atoms with E-state index < -0.39 is 35.2 Å². The number of oxazole rings is 1. The Balaban J connectivity index is 1.45. The SMILES string of the molecule is Cc1ccc(NC(=O)c2nc(C(F)(F)F)oc2-c2ccc(F)cc2)cc1Nc1ccc2ncn(C)c(=O)c2c1. The molecule has 12 heteroatoms. The van der Waals surface area contributed by atoms with Crippen LogP contribution in [0, 0.1) is 12.7 Å². The van der Waals surface area contributed by atoms with Crippen LogP contribution < -0.4 is 16.2 Å². The van der Waals surface area contributed by atoms with Crippen molar-refractivity contribution in [1.82, 2.24) is 14.5 Å². The van der Waals surface area contributed by atoms with Crippen LogP contribution in [0.4, 0.5) is 34.6 Å². The molecule has 3 aromatic carbocycles. The molecule has 1 amide bonds. The molecule has 8 nitrogen and oxygen atoms in total. The Morgan fingerprint density at radius 1 is 1.00 bits per heavy atom. The first-order chi connectivity index (χ1) is 18.5. The van der Waals surface area contributed by atoms with E-state index in [1.807, 2.05) is 6.92 Å². The number of alkyl halides is 3. The Kier molecular flexibility index (Phi) is 6.38. The van der Waals surface area contributed by atoms with Crippen LogP contribution in [0.1, 0.15) is 21.9 Å². The van der Waals surface area contributed by atoms with Crippen LogP contribution in [0.5, 0.6) is 0 Å². The van der Waals surface area contributed by atoms with Crippen molar-refractivity contribution < 1.29 is 26.8 Å². The van der Waals surface area contributed by atoms with Gasteiger partial charge in [0.05, 0.1) is 17.2 Å². The summed E-state index contributed by atoms with van der Waals surface area (Å²) in [5.74, 6) is -3.61. The van der Waals surface area contributed by atoms with E-state index in [0.29, 0.717) is 22.3 Å². The molecule has 0 radical (unpaired) electrons. The first kappa shape index (κ1) is 25.6. The van der Waals surface area contributed by atoms with Crippen molar-refractivity contribution in [1.29, 1.82) is 0 Å². The average Bonchev–Trinajstić information content (AvgIpc) is 3.35. The van der Waals surface area contributed by atoms with Crippen molar-refractivity contribution >= 4 is 33.9 Å². The minimum atomic E-state index is -4.94. The average molecular weight is 537 g/mol. The molecule has 0 aliphatic carbocycles. The molecule has 0 aliphatic heterocycles.